The molecule has 0 spiro atoms. The first-order valence-corrected chi connectivity index (χ1v) is 8.06. The second-order valence-electron chi connectivity index (χ2n) is 6.56. The molecule has 23 heavy (non-hydrogen) atoms. The molecule has 1 aromatic heterocycles. The van der Waals surface area contributed by atoms with Crippen molar-refractivity contribution in [1.29, 1.82) is 0 Å². The number of pyridine rings is 1. The molecule has 2 heterocycles. The number of hydrogen-bond acceptors (Lipinski definition) is 3. The van der Waals surface area contributed by atoms with Crippen LogP contribution in [-0.4, -0.2) is 39.6 Å². The molecule has 0 unspecified atom stereocenters. The highest BCUT2D eigenvalue weighted by atomic mass is 16.3. The molecule has 5 nitrogen and oxygen atoms in total. The zero-order valence-electron chi connectivity index (χ0n) is 13.5. The first-order valence-electron chi connectivity index (χ1n) is 8.06. The monoisotopic (exact) mass is 314 g/mol. The quantitative estimate of drug-likeness (QED) is 0.892. The summed E-state index contributed by atoms with van der Waals surface area (Å²) >= 11 is 0. The number of piperidine rings is 1. The minimum atomic E-state index is -0.734. The SMILES string of the molecule is CC[C@@H]1CN(C(=O)c2cc(=O)c3ccccc3[nH]2)CC[C@]1(C)O. The summed E-state index contributed by atoms with van der Waals surface area (Å²) in [7, 11) is 0. The highest BCUT2D eigenvalue weighted by Gasteiger charge is 2.38. The number of aliphatic hydroxyl groups is 1. The molecule has 2 atom stereocenters. The second-order valence-corrected chi connectivity index (χ2v) is 6.56. The van der Waals surface area contributed by atoms with Gasteiger partial charge in [0.25, 0.3) is 5.91 Å². The number of amides is 1. The molecule has 3 rings (SSSR count). The minimum Gasteiger partial charge on any atom is -0.390 e. The topological polar surface area (TPSA) is 73.4 Å². The summed E-state index contributed by atoms with van der Waals surface area (Å²) < 4.78 is 0. The lowest BCUT2D eigenvalue weighted by atomic mass is 9.81. The number of rotatable bonds is 2. The third-order valence-corrected chi connectivity index (χ3v) is 4.96. The maximum atomic E-state index is 12.7. The van der Waals surface area contributed by atoms with Crippen LogP contribution in [0.4, 0.5) is 0 Å². The number of hydrogen-bond donors (Lipinski definition) is 2. The summed E-state index contributed by atoms with van der Waals surface area (Å²) in [5.74, 6) is -0.130. The Morgan fingerprint density at radius 3 is 2.91 bits per heavy atom. The third-order valence-electron chi connectivity index (χ3n) is 4.96. The van der Waals surface area contributed by atoms with E-state index in [1.165, 1.54) is 6.07 Å². The average molecular weight is 314 g/mol. The van der Waals surface area contributed by atoms with E-state index in [0.717, 1.165) is 6.42 Å². The van der Waals surface area contributed by atoms with Crippen LogP contribution >= 0.6 is 0 Å². The fourth-order valence-corrected chi connectivity index (χ4v) is 3.36. The molecule has 0 bridgehead atoms. The maximum absolute atomic E-state index is 12.7. The third kappa shape index (κ3) is 2.88. The Kier molecular flexibility index (Phi) is 3.98. The summed E-state index contributed by atoms with van der Waals surface area (Å²) in [5.41, 5.74) is 0.0886. The van der Waals surface area contributed by atoms with Gasteiger partial charge in [-0.05, 0) is 31.9 Å². The Morgan fingerprint density at radius 2 is 2.17 bits per heavy atom. The molecule has 2 aromatic rings. The number of fused-ring (bicyclic) bond motifs is 1. The molecule has 1 saturated heterocycles. The van der Waals surface area contributed by atoms with E-state index in [2.05, 4.69) is 4.98 Å². The molecule has 2 N–H and O–H groups in total. The van der Waals surface area contributed by atoms with Crippen LogP contribution in [0.2, 0.25) is 0 Å². The van der Waals surface area contributed by atoms with Crippen LogP contribution in [-0.2, 0) is 0 Å². The predicted molar refractivity (Wildman–Crippen MR) is 89.5 cm³/mol. The highest BCUT2D eigenvalue weighted by Crippen LogP contribution is 2.30. The normalized spacial score (nSPS) is 24.8. The van der Waals surface area contributed by atoms with E-state index in [0.29, 0.717) is 36.1 Å². The summed E-state index contributed by atoms with van der Waals surface area (Å²) in [5, 5.41) is 11.0. The highest BCUT2D eigenvalue weighted by molar-refractivity contribution is 5.94. The number of aromatic nitrogens is 1. The number of benzene rings is 1. The zero-order chi connectivity index (χ0) is 16.6. The Morgan fingerprint density at radius 1 is 1.43 bits per heavy atom. The number of carbonyl (C=O) groups excluding carboxylic acids is 1. The molecule has 1 aliphatic heterocycles. The van der Waals surface area contributed by atoms with Gasteiger partial charge in [-0.15, -0.1) is 0 Å². The Bertz CT molecular complexity index is 794. The van der Waals surface area contributed by atoms with E-state index in [4.69, 9.17) is 0 Å². The number of para-hydroxylation sites is 1. The van der Waals surface area contributed by atoms with Crippen LogP contribution in [0.1, 0.15) is 37.2 Å². The smallest absolute Gasteiger partial charge is 0.270 e. The van der Waals surface area contributed by atoms with E-state index in [1.54, 1.807) is 23.1 Å². The molecule has 1 aliphatic rings. The molecule has 0 aliphatic carbocycles. The van der Waals surface area contributed by atoms with Crippen molar-refractivity contribution in [3.8, 4) is 0 Å². The number of aromatic amines is 1. The van der Waals surface area contributed by atoms with E-state index >= 15 is 0 Å². The van der Waals surface area contributed by atoms with Crippen LogP contribution in [0.25, 0.3) is 10.9 Å². The minimum absolute atomic E-state index is 0.0485. The van der Waals surface area contributed by atoms with Crippen LogP contribution in [0.15, 0.2) is 35.1 Å². The van der Waals surface area contributed by atoms with Crippen molar-refractivity contribution in [3.05, 3.63) is 46.2 Å². The summed E-state index contributed by atoms with van der Waals surface area (Å²) in [6, 6.07) is 8.55. The van der Waals surface area contributed by atoms with Gasteiger partial charge in [0.15, 0.2) is 5.43 Å². The number of likely N-dealkylation sites (tertiary alicyclic amines) is 1. The Balaban J connectivity index is 1.90. The predicted octanol–water partition coefficient (Wildman–Crippen LogP) is 2.15. The molecule has 122 valence electrons. The largest absolute Gasteiger partial charge is 0.390 e. The standard InChI is InChI=1S/C18H22N2O3/c1-3-12-11-20(9-8-18(12,2)23)17(22)15-10-16(21)13-6-4-5-7-14(13)19-15/h4-7,10,12,23H,3,8-9,11H2,1-2H3,(H,19,21)/t12-,18+/m1/s1. The van der Waals surface area contributed by atoms with Crippen molar-refractivity contribution in [2.75, 3.05) is 13.1 Å². The molecule has 1 aromatic carbocycles. The first kappa shape index (κ1) is 15.7. The van der Waals surface area contributed by atoms with Gasteiger partial charge in [0.1, 0.15) is 5.69 Å². The van der Waals surface area contributed by atoms with Crippen molar-refractivity contribution in [2.45, 2.75) is 32.3 Å². The molecular weight excluding hydrogens is 292 g/mol. The van der Waals surface area contributed by atoms with Gasteiger partial charge in [0.2, 0.25) is 0 Å². The van der Waals surface area contributed by atoms with Crippen molar-refractivity contribution < 1.29 is 9.90 Å². The lowest BCUT2D eigenvalue weighted by Gasteiger charge is -2.42. The van der Waals surface area contributed by atoms with E-state index in [9.17, 15) is 14.7 Å². The van der Waals surface area contributed by atoms with Gasteiger partial charge >= 0.3 is 0 Å². The molecule has 0 saturated carbocycles. The number of carbonyl (C=O) groups is 1. The number of nitrogens with one attached hydrogen (secondary N) is 1. The molecule has 1 amide bonds. The van der Waals surface area contributed by atoms with E-state index in [1.807, 2.05) is 19.9 Å². The Hall–Kier alpha value is -2.14. The van der Waals surface area contributed by atoms with Gasteiger partial charge in [0, 0.05) is 36.0 Å². The first-order chi connectivity index (χ1) is 10.9. The molecular formula is C18H22N2O3. The van der Waals surface area contributed by atoms with Gasteiger partial charge in [0.05, 0.1) is 5.60 Å². The van der Waals surface area contributed by atoms with Crippen molar-refractivity contribution >= 4 is 16.8 Å². The summed E-state index contributed by atoms with van der Waals surface area (Å²) in [4.78, 5) is 29.7. The number of H-pyrrole nitrogens is 1. The molecule has 1 fully saturated rings. The van der Waals surface area contributed by atoms with Crippen molar-refractivity contribution in [2.24, 2.45) is 5.92 Å². The van der Waals surface area contributed by atoms with Gasteiger partial charge < -0.3 is 15.0 Å². The molecule has 5 heteroatoms. The number of nitrogens with zero attached hydrogens (tertiary/aromatic N) is 1. The maximum Gasteiger partial charge on any atom is 0.270 e. The average Bonchev–Trinajstić information content (AvgIpc) is 2.54. The van der Waals surface area contributed by atoms with Gasteiger partial charge in [-0.3, -0.25) is 9.59 Å². The van der Waals surface area contributed by atoms with Gasteiger partial charge in [-0.2, -0.15) is 0 Å². The Labute approximate surface area is 134 Å². The van der Waals surface area contributed by atoms with E-state index in [-0.39, 0.29) is 17.3 Å². The summed E-state index contributed by atoms with van der Waals surface area (Å²) in [6.45, 7) is 4.86. The van der Waals surface area contributed by atoms with Crippen LogP contribution < -0.4 is 5.43 Å². The van der Waals surface area contributed by atoms with Gasteiger partial charge in [-0.25, -0.2) is 0 Å². The fourth-order valence-electron chi connectivity index (χ4n) is 3.36. The van der Waals surface area contributed by atoms with Crippen molar-refractivity contribution in [3.63, 3.8) is 0 Å². The summed E-state index contributed by atoms with van der Waals surface area (Å²) in [6.07, 6.45) is 1.36. The van der Waals surface area contributed by atoms with Crippen LogP contribution in [0, 0.1) is 5.92 Å². The lowest BCUT2D eigenvalue weighted by molar-refractivity contribution is -0.0522. The zero-order valence-corrected chi connectivity index (χ0v) is 13.5. The fraction of sp³-hybridized carbons (Fsp3) is 0.444. The van der Waals surface area contributed by atoms with E-state index < -0.39 is 5.60 Å². The van der Waals surface area contributed by atoms with Crippen LogP contribution in [0.3, 0.4) is 0 Å². The molecule has 0 radical (unpaired) electrons. The second kappa shape index (κ2) is 5.81. The van der Waals surface area contributed by atoms with Crippen molar-refractivity contribution in [1.82, 2.24) is 9.88 Å². The van der Waals surface area contributed by atoms with Gasteiger partial charge in [-0.1, -0.05) is 19.1 Å². The van der Waals surface area contributed by atoms with Crippen LogP contribution in [0.5, 0.6) is 0 Å². The lowest BCUT2D eigenvalue weighted by Crippen LogP contribution is -2.51.